The van der Waals surface area contributed by atoms with Gasteiger partial charge >= 0.3 is 0 Å². The van der Waals surface area contributed by atoms with Crippen LogP contribution in [0, 0.1) is 0 Å². The zero-order chi connectivity index (χ0) is 64.3. The molecule has 97 heavy (non-hydrogen) atoms. The summed E-state index contributed by atoms with van der Waals surface area (Å²) in [5, 5.41) is 21.5. The molecule has 1 atom stereocenters. The van der Waals surface area contributed by atoms with Gasteiger partial charge in [-0.3, -0.25) is 0 Å². The van der Waals surface area contributed by atoms with Crippen molar-refractivity contribution in [2.75, 3.05) is 0 Å². The van der Waals surface area contributed by atoms with Crippen molar-refractivity contribution in [1.82, 2.24) is 4.57 Å². The summed E-state index contributed by atoms with van der Waals surface area (Å²) in [6.07, 6.45) is 0. The Bertz CT molecular complexity index is 6360. The monoisotopic (exact) mass is 1270 g/mol. The van der Waals surface area contributed by atoms with E-state index in [-0.39, 0.29) is 0 Å². The van der Waals surface area contributed by atoms with E-state index in [2.05, 4.69) is 265 Å². The topological polar surface area (TPSA) is 39.1 Å². The van der Waals surface area contributed by atoms with Gasteiger partial charge in [0.15, 0.2) is 14.3 Å². The molecule has 0 bridgehead atoms. The first kappa shape index (κ1) is 56.8. The second-order valence-corrected chi connectivity index (χ2v) is 31.2. The maximum atomic E-state index is 16.7. The molecule has 1 unspecified atom stereocenters. The number of para-hydroxylation sites is 2. The Morgan fingerprint density at radius 3 is 1.24 bits per heavy atom. The molecule has 454 valence electrons. The fourth-order valence-electron chi connectivity index (χ4n) is 15.8. The molecule has 1 aromatic heterocycles. The van der Waals surface area contributed by atoms with Crippen LogP contribution in [0.1, 0.15) is 0 Å². The third kappa shape index (κ3) is 9.04. The number of benzene rings is 18. The van der Waals surface area contributed by atoms with Crippen LogP contribution in [0.4, 0.5) is 0 Å². The molecule has 0 saturated heterocycles. The van der Waals surface area contributed by atoms with Crippen LogP contribution in [0.25, 0.3) is 148 Å². The summed E-state index contributed by atoms with van der Waals surface area (Å²) in [5.41, 5.74) is 14.1. The van der Waals surface area contributed by atoms with Crippen LogP contribution in [0.3, 0.4) is 0 Å². The van der Waals surface area contributed by atoms with E-state index >= 15 is 9.13 Å². The molecule has 19 rings (SSSR count). The second kappa shape index (κ2) is 22.5. The molecule has 18 aromatic carbocycles. The Labute approximate surface area is 561 Å². The van der Waals surface area contributed by atoms with Crippen molar-refractivity contribution in [3.8, 4) is 61.3 Å². The first-order valence-electron chi connectivity index (χ1n) is 33.2. The van der Waals surface area contributed by atoms with E-state index in [9.17, 15) is 0 Å². The summed E-state index contributed by atoms with van der Waals surface area (Å²) in [5.74, 6) is 0. The largest absolute Gasteiger partial charge is 0.309 e. The normalized spacial score (nSPS) is 12.7. The van der Waals surface area contributed by atoms with Crippen molar-refractivity contribution >= 4 is 133 Å². The van der Waals surface area contributed by atoms with Crippen molar-refractivity contribution in [3.05, 3.63) is 358 Å². The van der Waals surface area contributed by atoms with Gasteiger partial charge in [-0.25, -0.2) is 0 Å². The molecule has 0 N–H and O–H groups in total. The van der Waals surface area contributed by atoms with Gasteiger partial charge < -0.3 is 13.7 Å². The SMILES string of the molecule is O=P(c1ccccc1)(c1ccccc1)c1cccc(-c2cc(-c3ccc4ccc5cccc6ccc3c4c56)cc(-c3ccc4c(-c5cccc(P(=O)(c6ccccc6)c6ccc(-c7ccc8c(c7)c7ccccc7n8-c7ccccc7)cc6)c5)cc5cccc6ccc3c4c65)c2)c1. The van der Waals surface area contributed by atoms with Gasteiger partial charge in [0.25, 0.3) is 0 Å². The highest BCUT2D eigenvalue weighted by Gasteiger charge is 2.32. The fourth-order valence-corrected chi connectivity index (χ4v) is 21.2. The second-order valence-electron chi connectivity index (χ2n) is 25.7. The Hall–Kier alpha value is -11.7. The fraction of sp³-hybridized carbons (Fsp3) is 0. The number of rotatable bonds is 12. The summed E-state index contributed by atoms with van der Waals surface area (Å²) in [4.78, 5) is 0. The van der Waals surface area contributed by atoms with Crippen molar-refractivity contribution in [3.63, 3.8) is 0 Å². The predicted octanol–water partition coefficient (Wildman–Crippen LogP) is 22.2. The van der Waals surface area contributed by atoms with Crippen LogP contribution < -0.4 is 31.8 Å². The highest BCUT2D eigenvalue weighted by Crippen LogP contribution is 2.50. The zero-order valence-electron chi connectivity index (χ0n) is 52.7. The van der Waals surface area contributed by atoms with Gasteiger partial charge in [0, 0.05) is 48.3 Å². The summed E-state index contributed by atoms with van der Waals surface area (Å²) in [6.45, 7) is 0. The minimum Gasteiger partial charge on any atom is -0.309 e. The Morgan fingerprint density at radius 2 is 0.608 bits per heavy atom. The van der Waals surface area contributed by atoms with Crippen molar-refractivity contribution in [2.24, 2.45) is 0 Å². The van der Waals surface area contributed by atoms with Gasteiger partial charge in [0.2, 0.25) is 0 Å². The average molecular weight is 1270 g/mol. The van der Waals surface area contributed by atoms with Gasteiger partial charge in [-0.05, 0) is 187 Å². The van der Waals surface area contributed by atoms with Crippen LogP contribution >= 0.6 is 14.3 Å². The molecule has 0 amide bonds. The Kier molecular flexibility index (Phi) is 13.2. The maximum absolute atomic E-state index is 16.7. The number of aromatic nitrogens is 1. The highest BCUT2D eigenvalue weighted by molar-refractivity contribution is 7.85. The molecule has 0 aliphatic heterocycles. The smallest absolute Gasteiger partial charge is 0.171 e. The van der Waals surface area contributed by atoms with Gasteiger partial charge in [0.1, 0.15) is 0 Å². The minimum atomic E-state index is -3.47. The molecule has 0 radical (unpaired) electrons. The molecule has 0 fully saturated rings. The molecule has 0 aliphatic rings. The van der Waals surface area contributed by atoms with Crippen LogP contribution in [-0.4, -0.2) is 4.57 Å². The third-order valence-corrected chi connectivity index (χ3v) is 26.5. The van der Waals surface area contributed by atoms with E-state index in [1.807, 2.05) is 97.1 Å². The average Bonchev–Trinajstić information content (AvgIpc) is 1.36. The number of hydrogen-bond acceptors (Lipinski definition) is 2. The van der Waals surface area contributed by atoms with Crippen molar-refractivity contribution < 1.29 is 9.13 Å². The minimum absolute atomic E-state index is 0.772. The van der Waals surface area contributed by atoms with Gasteiger partial charge in [-0.1, -0.05) is 291 Å². The maximum Gasteiger partial charge on any atom is 0.171 e. The first-order valence-corrected chi connectivity index (χ1v) is 36.6. The molecular formula is C92H59NO2P2. The summed E-state index contributed by atoms with van der Waals surface area (Å²) in [6, 6.07) is 127. The van der Waals surface area contributed by atoms with Gasteiger partial charge in [0.05, 0.1) is 11.0 Å². The zero-order valence-corrected chi connectivity index (χ0v) is 54.5. The predicted molar refractivity (Wildman–Crippen MR) is 414 cm³/mol. The van der Waals surface area contributed by atoms with Crippen LogP contribution in [0.15, 0.2) is 358 Å². The molecule has 5 heteroatoms. The van der Waals surface area contributed by atoms with Gasteiger partial charge in [-0.15, -0.1) is 0 Å². The van der Waals surface area contributed by atoms with Crippen molar-refractivity contribution in [1.29, 1.82) is 0 Å². The molecular weight excluding hydrogens is 1210 g/mol. The lowest BCUT2D eigenvalue weighted by molar-refractivity contribution is 0.591. The summed E-state index contributed by atoms with van der Waals surface area (Å²) in [7, 11) is -6.79. The molecule has 0 saturated carbocycles. The molecule has 0 spiro atoms. The highest BCUT2D eigenvalue weighted by atomic mass is 31.2. The van der Waals surface area contributed by atoms with E-state index in [1.165, 1.54) is 64.8 Å². The molecule has 19 aromatic rings. The first-order chi connectivity index (χ1) is 47.8. The van der Waals surface area contributed by atoms with Crippen LogP contribution in [-0.2, 0) is 9.13 Å². The Balaban J connectivity index is 0.764. The van der Waals surface area contributed by atoms with E-state index in [0.29, 0.717) is 0 Å². The number of nitrogens with zero attached hydrogens (tertiary/aromatic N) is 1. The standard InChI is InChI=1S/C92H59NO2P2/c94-96(73-27-7-2-8-28-73,74-29-9-3-10-30-74)77-33-17-22-65(56-77)69-53-70(79-47-41-64-38-37-61-19-15-20-62-42-48-82(79)91(64)89(61)62)55-71(54-69)80-50-51-84-85(59-68-24-16-21-63-43-49-83(80)92(84)90(63)68)67-23-18-34-78(57-67)97(95,75-31-11-4-12-32-75)76-45-39-60(40-46-76)66-44-52-88-86(58-66)81-35-13-14-36-87(81)93(88)72-25-5-1-6-26-72/h1-59H. The lowest BCUT2D eigenvalue weighted by atomic mass is 9.84. The Morgan fingerprint density at radius 1 is 0.196 bits per heavy atom. The van der Waals surface area contributed by atoms with E-state index < -0.39 is 14.3 Å². The molecule has 1 heterocycles. The molecule has 0 aliphatic carbocycles. The van der Waals surface area contributed by atoms with E-state index in [4.69, 9.17) is 0 Å². The van der Waals surface area contributed by atoms with Crippen LogP contribution in [0.2, 0.25) is 0 Å². The quantitative estimate of drug-likeness (QED) is 0.0903. The van der Waals surface area contributed by atoms with Crippen molar-refractivity contribution in [2.45, 2.75) is 0 Å². The van der Waals surface area contributed by atoms with Gasteiger partial charge in [-0.2, -0.15) is 0 Å². The van der Waals surface area contributed by atoms with Crippen LogP contribution in [0.5, 0.6) is 0 Å². The number of hydrogen-bond donors (Lipinski definition) is 0. The van der Waals surface area contributed by atoms with E-state index in [1.54, 1.807) is 0 Å². The lowest BCUT2D eigenvalue weighted by Gasteiger charge is -2.22. The number of fused-ring (bicyclic) bond motifs is 3. The van der Waals surface area contributed by atoms with E-state index in [0.717, 1.165) is 115 Å². The summed E-state index contributed by atoms with van der Waals surface area (Å²) < 4.78 is 35.1. The summed E-state index contributed by atoms with van der Waals surface area (Å²) >= 11 is 0. The lowest BCUT2D eigenvalue weighted by Crippen LogP contribution is -2.25. The molecule has 3 nitrogen and oxygen atoms in total. The third-order valence-electron chi connectivity index (χ3n) is 20.4.